The summed E-state index contributed by atoms with van der Waals surface area (Å²) in [4.78, 5) is 23.3. The zero-order valence-corrected chi connectivity index (χ0v) is 14.2. The van der Waals surface area contributed by atoms with Crippen LogP contribution in [0.1, 0.15) is 42.6 Å². The Labute approximate surface area is 139 Å². The molecule has 0 unspecified atom stereocenters. The summed E-state index contributed by atoms with van der Waals surface area (Å²) < 4.78 is 41.3. The maximum atomic E-state index is 13.8. The Morgan fingerprint density at radius 1 is 1.33 bits per heavy atom. The van der Waals surface area contributed by atoms with Gasteiger partial charge in [-0.05, 0) is 12.8 Å². The highest BCUT2D eigenvalue weighted by atomic mass is 32.2. The molecular weight excluding hydrogens is 339 g/mol. The van der Waals surface area contributed by atoms with Crippen LogP contribution in [-0.4, -0.2) is 48.7 Å². The van der Waals surface area contributed by atoms with Crippen molar-refractivity contribution in [2.24, 2.45) is 0 Å². The van der Waals surface area contributed by atoms with E-state index in [4.69, 9.17) is 0 Å². The van der Waals surface area contributed by atoms with Crippen LogP contribution in [-0.2, 0) is 21.4 Å². The van der Waals surface area contributed by atoms with Gasteiger partial charge in [0.2, 0.25) is 21.7 Å². The molecule has 2 N–H and O–H groups in total. The van der Waals surface area contributed by atoms with E-state index in [1.807, 2.05) is 0 Å². The van der Waals surface area contributed by atoms with Gasteiger partial charge in [0.1, 0.15) is 6.54 Å². The van der Waals surface area contributed by atoms with E-state index in [1.54, 1.807) is 0 Å². The molecule has 24 heavy (non-hydrogen) atoms. The molecule has 1 aliphatic carbocycles. The maximum absolute atomic E-state index is 13.8. The van der Waals surface area contributed by atoms with Gasteiger partial charge in [0.15, 0.2) is 11.5 Å². The molecule has 1 fully saturated rings. The summed E-state index contributed by atoms with van der Waals surface area (Å²) in [5.41, 5.74) is -0.481. The number of carbonyl (C=O) groups excluding carboxylic acids is 2. The minimum atomic E-state index is -3.61. The molecule has 2 rings (SSSR count). The Morgan fingerprint density at radius 3 is 2.62 bits per heavy atom. The lowest BCUT2D eigenvalue weighted by Gasteiger charge is -2.21. The predicted molar refractivity (Wildman–Crippen MR) is 84.4 cm³/mol. The predicted octanol–water partition coefficient (Wildman–Crippen LogP) is 0.203. The van der Waals surface area contributed by atoms with Gasteiger partial charge in [0.25, 0.3) is 0 Å². The lowest BCUT2D eigenvalue weighted by atomic mass is 10.0. The Hall–Kier alpha value is -1.81. The van der Waals surface area contributed by atoms with Gasteiger partial charge in [-0.2, -0.15) is 5.10 Å². The average molecular weight is 360 g/mol. The number of ketones is 1. The maximum Gasteiger partial charge on any atom is 0.241 e. The number of rotatable bonds is 7. The summed E-state index contributed by atoms with van der Waals surface area (Å²) in [7, 11) is -2.18. The molecule has 0 bridgehead atoms. The van der Waals surface area contributed by atoms with Crippen molar-refractivity contribution in [3.8, 4) is 0 Å². The van der Waals surface area contributed by atoms with Crippen molar-refractivity contribution in [1.82, 2.24) is 19.8 Å². The second-order valence-electron chi connectivity index (χ2n) is 5.75. The van der Waals surface area contributed by atoms with Crippen LogP contribution in [0.2, 0.25) is 0 Å². The molecule has 0 aromatic carbocycles. The van der Waals surface area contributed by atoms with Crippen LogP contribution >= 0.6 is 0 Å². The molecule has 0 spiro atoms. The Bertz CT molecular complexity index is 710. The molecule has 10 heteroatoms. The number of sulfonamides is 1. The standard InChI is InChI=1S/C14H21FN4O4S/c1-16-13(21)9-19-8-11(15)14(18-19)12(20)7-17-24(22,23)10-5-3-2-4-6-10/h8,10,17H,2-7,9H2,1H3,(H,16,21). The molecule has 1 aliphatic rings. The van der Waals surface area contributed by atoms with Gasteiger partial charge in [0.05, 0.1) is 18.0 Å². The van der Waals surface area contributed by atoms with Crippen molar-refractivity contribution in [3.63, 3.8) is 0 Å². The molecule has 0 aliphatic heterocycles. The van der Waals surface area contributed by atoms with Crippen molar-refractivity contribution in [1.29, 1.82) is 0 Å². The largest absolute Gasteiger partial charge is 0.358 e. The fraction of sp³-hybridized carbons (Fsp3) is 0.643. The van der Waals surface area contributed by atoms with E-state index in [9.17, 15) is 22.4 Å². The zero-order chi connectivity index (χ0) is 17.7. The molecule has 1 aromatic rings. The molecule has 1 heterocycles. The Kier molecular flexibility index (Phi) is 6.05. The number of nitrogens with one attached hydrogen (secondary N) is 2. The van der Waals surface area contributed by atoms with Gasteiger partial charge in [-0.15, -0.1) is 0 Å². The number of amides is 1. The van der Waals surface area contributed by atoms with Crippen LogP contribution in [0, 0.1) is 5.82 Å². The molecule has 0 saturated heterocycles. The quantitative estimate of drug-likeness (QED) is 0.675. The number of Topliss-reactive ketones (excluding diaryl/α,β-unsaturated/α-hetero) is 1. The third-order valence-corrected chi connectivity index (χ3v) is 5.89. The summed E-state index contributed by atoms with van der Waals surface area (Å²) in [6.07, 6.45) is 4.77. The zero-order valence-electron chi connectivity index (χ0n) is 13.4. The summed E-state index contributed by atoms with van der Waals surface area (Å²) in [5.74, 6) is -2.06. The minimum Gasteiger partial charge on any atom is -0.358 e. The topological polar surface area (TPSA) is 110 Å². The van der Waals surface area contributed by atoms with Gasteiger partial charge in [0, 0.05) is 7.05 Å². The van der Waals surface area contributed by atoms with Crippen LogP contribution in [0.15, 0.2) is 6.20 Å². The molecule has 0 radical (unpaired) electrons. The smallest absolute Gasteiger partial charge is 0.241 e. The number of likely N-dealkylation sites (N-methyl/N-ethyl adjacent to an activating group) is 1. The third kappa shape index (κ3) is 4.60. The Balaban J connectivity index is 1.98. The number of halogens is 1. The fourth-order valence-electron chi connectivity index (χ4n) is 2.64. The van der Waals surface area contributed by atoms with E-state index in [-0.39, 0.29) is 6.54 Å². The number of aromatic nitrogens is 2. The highest BCUT2D eigenvalue weighted by Crippen LogP contribution is 2.22. The summed E-state index contributed by atoms with van der Waals surface area (Å²) in [6, 6.07) is 0. The van der Waals surface area contributed by atoms with Crippen molar-refractivity contribution >= 4 is 21.7 Å². The first-order chi connectivity index (χ1) is 11.3. The number of hydrogen-bond donors (Lipinski definition) is 2. The number of hydrogen-bond acceptors (Lipinski definition) is 5. The summed E-state index contributed by atoms with van der Waals surface area (Å²) in [6.45, 7) is -0.777. The van der Waals surface area contributed by atoms with Crippen molar-refractivity contribution < 1.29 is 22.4 Å². The van der Waals surface area contributed by atoms with Gasteiger partial charge in [-0.25, -0.2) is 17.5 Å². The minimum absolute atomic E-state index is 0.228. The van der Waals surface area contributed by atoms with E-state index in [2.05, 4.69) is 15.1 Å². The van der Waals surface area contributed by atoms with E-state index in [1.165, 1.54) is 7.05 Å². The molecule has 134 valence electrons. The van der Waals surface area contributed by atoms with Crippen LogP contribution in [0.3, 0.4) is 0 Å². The second-order valence-corrected chi connectivity index (χ2v) is 7.79. The third-order valence-electron chi connectivity index (χ3n) is 3.99. The van der Waals surface area contributed by atoms with Crippen LogP contribution in [0.5, 0.6) is 0 Å². The van der Waals surface area contributed by atoms with Gasteiger partial charge >= 0.3 is 0 Å². The normalized spacial score (nSPS) is 16.1. The van der Waals surface area contributed by atoms with Crippen LogP contribution in [0.4, 0.5) is 4.39 Å². The number of carbonyl (C=O) groups is 2. The second kappa shape index (κ2) is 7.84. The van der Waals surface area contributed by atoms with E-state index in [0.717, 1.165) is 30.1 Å². The van der Waals surface area contributed by atoms with E-state index < -0.39 is 45.0 Å². The molecule has 1 aromatic heterocycles. The first-order valence-electron chi connectivity index (χ1n) is 7.78. The average Bonchev–Trinajstić information content (AvgIpc) is 2.93. The molecule has 1 amide bonds. The molecular formula is C14H21FN4O4S. The summed E-state index contributed by atoms with van der Waals surface area (Å²) >= 11 is 0. The monoisotopic (exact) mass is 360 g/mol. The summed E-state index contributed by atoms with van der Waals surface area (Å²) in [5, 5.41) is 5.56. The van der Waals surface area contributed by atoms with Crippen molar-refractivity contribution in [2.45, 2.75) is 43.9 Å². The SMILES string of the molecule is CNC(=O)Cn1cc(F)c(C(=O)CNS(=O)(=O)C2CCCCC2)n1. The fourth-order valence-corrected chi connectivity index (χ4v) is 4.16. The highest BCUT2D eigenvalue weighted by Gasteiger charge is 2.28. The molecule has 8 nitrogen and oxygen atoms in total. The first kappa shape index (κ1) is 18.5. The molecule has 0 atom stereocenters. The van der Waals surface area contributed by atoms with Gasteiger partial charge in [-0.3, -0.25) is 14.3 Å². The van der Waals surface area contributed by atoms with Crippen molar-refractivity contribution in [3.05, 3.63) is 17.7 Å². The Morgan fingerprint density at radius 2 is 2.00 bits per heavy atom. The first-order valence-corrected chi connectivity index (χ1v) is 9.33. The van der Waals surface area contributed by atoms with Crippen molar-refractivity contribution in [2.75, 3.05) is 13.6 Å². The van der Waals surface area contributed by atoms with E-state index >= 15 is 0 Å². The van der Waals surface area contributed by atoms with Crippen LogP contribution < -0.4 is 10.0 Å². The van der Waals surface area contributed by atoms with Crippen LogP contribution in [0.25, 0.3) is 0 Å². The van der Waals surface area contributed by atoms with Gasteiger partial charge in [-0.1, -0.05) is 19.3 Å². The van der Waals surface area contributed by atoms with Gasteiger partial charge < -0.3 is 5.32 Å². The van der Waals surface area contributed by atoms with E-state index in [0.29, 0.717) is 12.8 Å². The highest BCUT2D eigenvalue weighted by molar-refractivity contribution is 7.90. The lowest BCUT2D eigenvalue weighted by molar-refractivity contribution is -0.121. The lowest BCUT2D eigenvalue weighted by Crippen LogP contribution is -2.38. The number of nitrogens with zero attached hydrogens (tertiary/aromatic N) is 2. The molecule has 1 saturated carbocycles.